The van der Waals surface area contributed by atoms with E-state index in [4.69, 9.17) is 22.0 Å². The summed E-state index contributed by atoms with van der Waals surface area (Å²) in [4.78, 5) is 47.3. The zero-order chi connectivity index (χ0) is 27.8. The van der Waals surface area contributed by atoms with E-state index >= 15 is 0 Å². The summed E-state index contributed by atoms with van der Waals surface area (Å²) in [6, 6.07) is -3.33. The van der Waals surface area contributed by atoms with Gasteiger partial charge in [-0.3, -0.25) is 14.1 Å². The molecule has 1 aliphatic carbocycles. The van der Waals surface area contributed by atoms with Crippen molar-refractivity contribution < 1.29 is 37.3 Å². The zero-order valence-electron chi connectivity index (χ0n) is 19.5. The largest absolute Gasteiger partial charge is 0.478 e. The van der Waals surface area contributed by atoms with Crippen LogP contribution < -0.4 is 22.5 Å². The van der Waals surface area contributed by atoms with Gasteiger partial charge in [-0.25, -0.2) is 14.1 Å². The molecule has 9 N–H and O–H groups in total. The fourth-order valence-electron chi connectivity index (χ4n) is 3.61. The smallest absolute Gasteiger partial charge is 0.362 e. The predicted octanol–water partition coefficient (Wildman–Crippen LogP) is -2.80. The number of nitrogens with zero attached hydrogens (tertiary/aromatic N) is 6. The van der Waals surface area contributed by atoms with Gasteiger partial charge < -0.3 is 32.5 Å². The molecular weight excluding hydrogens is 548 g/mol. The average Bonchev–Trinajstić information content (AvgIpc) is 3.27. The second kappa shape index (κ2) is 10.2. The van der Waals surface area contributed by atoms with E-state index in [1.807, 2.05) is 0 Å². The van der Waals surface area contributed by atoms with E-state index in [-0.39, 0.29) is 34.5 Å². The highest BCUT2D eigenvalue weighted by Crippen LogP contribution is 2.40. The van der Waals surface area contributed by atoms with Crippen LogP contribution in [-0.4, -0.2) is 90.1 Å². The Morgan fingerprint density at radius 3 is 2.66 bits per heavy atom. The number of carboxylic acid groups (broad SMARTS) is 1. The van der Waals surface area contributed by atoms with E-state index in [0.29, 0.717) is 18.7 Å². The SMILES string of the molecule is NCC[C@H](N)c1cnn(C[C@H]2C(NC(=O)/C(=N\OC3(C(=O)O)CC3)c3csc(N)n3)C(=O)N2S(=O)(=O)O)n1. The minimum Gasteiger partial charge on any atom is -0.478 e. The number of carbonyl (C=O) groups excluding carboxylic acids is 2. The van der Waals surface area contributed by atoms with Gasteiger partial charge in [0, 0.05) is 18.2 Å². The molecule has 1 unspecified atom stereocenters. The summed E-state index contributed by atoms with van der Waals surface area (Å²) in [5.41, 5.74) is 15.3. The van der Waals surface area contributed by atoms with Crippen LogP contribution in [0, 0.1) is 0 Å². The lowest BCUT2D eigenvalue weighted by Crippen LogP contribution is -2.73. The van der Waals surface area contributed by atoms with Crippen LogP contribution >= 0.6 is 11.3 Å². The Balaban J connectivity index is 1.57. The molecule has 0 radical (unpaired) electrons. The third-order valence-electron chi connectivity index (χ3n) is 5.85. The van der Waals surface area contributed by atoms with Crippen molar-refractivity contribution in [3.05, 3.63) is 23.0 Å². The van der Waals surface area contributed by atoms with Gasteiger partial charge in [0.1, 0.15) is 17.8 Å². The molecule has 0 spiro atoms. The fourth-order valence-corrected chi connectivity index (χ4v) is 5.02. The minimum atomic E-state index is -5.00. The molecule has 2 aliphatic rings. The molecule has 20 heteroatoms. The number of hydrogen-bond donors (Lipinski definition) is 6. The highest BCUT2D eigenvalue weighted by atomic mass is 32.2. The third-order valence-corrected chi connectivity index (χ3v) is 7.47. The molecule has 2 amide bonds. The molecule has 2 aromatic heterocycles. The quantitative estimate of drug-likeness (QED) is 0.0648. The number of carboxylic acids is 1. The van der Waals surface area contributed by atoms with Crippen molar-refractivity contribution in [2.75, 3.05) is 12.3 Å². The molecule has 4 rings (SSSR count). The number of nitrogens with one attached hydrogen (secondary N) is 1. The molecule has 1 saturated heterocycles. The maximum atomic E-state index is 13.1. The van der Waals surface area contributed by atoms with E-state index in [1.165, 1.54) is 11.6 Å². The first-order valence-corrected chi connectivity index (χ1v) is 13.3. The van der Waals surface area contributed by atoms with Gasteiger partial charge in [-0.05, 0) is 13.0 Å². The third kappa shape index (κ3) is 5.43. The number of nitrogen functional groups attached to an aromatic ring is 1. The van der Waals surface area contributed by atoms with Crippen molar-refractivity contribution in [1.29, 1.82) is 0 Å². The number of oxime groups is 1. The Morgan fingerprint density at radius 1 is 1.39 bits per heavy atom. The molecular formula is C18H24N10O8S2. The van der Waals surface area contributed by atoms with Crippen LogP contribution in [-0.2, 0) is 36.1 Å². The Kier molecular flexibility index (Phi) is 7.34. The summed E-state index contributed by atoms with van der Waals surface area (Å²) in [6.45, 7) is -0.0534. The molecule has 0 aromatic carbocycles. The summed E-state index contributed by atoms with van der Waals surface area (Å²) in [5.74, 6) is -3.44. The van der Waals surface area contributed by atoms with Crippen LogP contribution in [0.3, 0.4) is 0 Å². The molecule has 2 aromatic rings. The standard InChI is InChI=1S/C18H24N10O8S2/c19-4-1-8(20)9-5-22-27(25-9)6-11-13(15(30)28(11)38(33,34)35)24-14(29)12(10-7-37-17(21)23-10)26-36-18(2-3-18)16(31)32/h5,7-8,11,13H,1-4,6,19-20H2,(H2,21,23)(H,24,29)(H,31,32)(H,33,34,35)/b26-12-/t8-,11-,13?/m0/s1. The molecule has 0 bridgehead atoms. The molecule has 1 aliphatic heterocycles. The van der Waals surface area contributed by atoms with Gasteiger partial charge in [0.25, 0.3) is 11.8 Å². The number of rotatable bonds is 12. The normalized spacial score (nSPS) is 21.5. The van der Waals surface area contributed by atoms with Gasteiger partial charge >= 0.3 is 16.3 Å². The minimum absolute atomic E-state index is 0.0616. The Hall–Kier alpha value is -3.72. The number of thiazole rings is 1. The number of hydrogen-bond acceptors (Lipinski definition) is 14. The second-order valence-corrected chi connectivity index (χ2v) is 10.7. The highest BCUT2D eigenvalue weighted by Gasteiger charge is 2.56. The molecule has 1 saturated carbocycles. The summed E-state index contributed by atoms with van der Waals surface area (Å²) < 4.78 is 33.4. The van der Waals surface area contributed by atoms with Gasteiger partial charge in [0.2, 0.25) is 5.60 Å². The molecule has 38 heavy (non-hydrogen) atoms. The molecule has 3 atom stereocenters. The van der Waals surface area contributed by atoms with Crippen LogP contribution in [0.25, 0.3) is 0 Å². The number of carbonyl (C=O) groups is 3. The zero-order valence-corrected chi connectivity index (χ0v) is 21.1. The van der Waals surface area contributed by atoms with Gasteiger partial charge in [0.15, 0.2) is 10.8 Å². The second-order valence-electron chi connectivity index (χ2n) is 8.54. The van der Waals surface area contributed by atoms with E-state index < -0.39 is 57.5 Å². The summed E-state index contributed by atoms with van der Waals surface area (Å²) in [5, 5.41) is 24.9. The van der Waals surface area contributed by atoms with E-state index in [0.717, 1.165) is 16.1 Å². The number of anilines is 1. The Labute approximate surface area is 218 Å². The van der Waals surface area contributed by atoms with Crippen LogP contribution in [0.1, 0.15) is 36.7 Å². The summed E-state index contributed by atoms with van der Waals surface area (Å²) in [6.07, 6.45) is 2.09. The van der Waals surface area contributed by atoms with Crippen molar-refractivity contribution in [3.8, 4) is 0 Å². The van der Waals surface area contributed by atoms with Crippen molar-refractivity contribution >= 4 is 50.3 Å². The predicted molar refractivity (Wildman–Crippen MR) is 128 cm³/mol. The maximum absolute atomic E-state index is 13.1. The average molecular weight is 573 g/mol. The first-order valence-electron chi connectivity index (χ1n) is 11.0. The van der Waals surface area contributed by atoms with Gasteiger partial charge in [-0.1, -0.05) is 5.16 Å². The Bertz CT molecular complexity index is 1380. The van der Waals surface area contributed by atoms with Crippen LogP contribution in [0.4, 0.5) is 5.13 Å². The van der Waals surface area contributed by atoms with Crippen LogP contribution in [0.15, 0.2) is 16.7 Å². The number of aromatic nitrogens is 4. The molecule has 3 heterocycles. The van der Waals surface area contributed by atoms with Crippen LogP contribution in [0.5, 0.6) is 0 Å². The lowest BCUT2D eigenvalue weighted by Gasteiger charge is -2.43. The van der Waals surface area contributed by atoms with Crippen molar-refractivity contribution in [1.82, 2.24) is 29.6 Å². The van der Waals surface area contributed by atoms with Gasteiger partial charge in [0.05, 0.1) is 24.5 Å². The number of β-lactam (4-membered cyclic amide) rings is 1. The molecule has 18 nitrogen and oxygen atoms in total. The van der Waals surface area contributed by atoms with Crippen molar-refractivity contribution in [3.63, 3.8) is 0 Å². The molecule has 206 valence electrons. The highest BCUT2D eigenvalue weighted by molar-refractivity contribution is 7.84. The summed E-state index contributed by atoms with van der Waals surface area (Å²) >= 11 is 0.967. The van der Waals surface area contributed by atoms with Crippen molar-refractivity contribution in [2.45, 2.75) is 49.5 Å². The Morgan fingerprint density at radius 2 is 2.11 bits per heavy atom. The van der Waals surface area contributed by atoms with Crippen molar-refractivity contribution in [2.24, 2.45) is 16.6 Å². The van der Waals surface area contributed by atoms with E-state index in [2.05, 4.69) is 25.7 Å². The molecule has 2 fully saturated rings. The topological polar surface area (TPSA) is 284 Å². The monoisotopic (exact) mass is 572 g/mol. The maximum Gasteiger partial charge on any atom is 0.362 e. The van der Waals surface area contributed by atoms with Gasteiger partial charge in [-0.15, -0.1) is 11.3 Å². The first-order chi connectivity index (χ1) is 17.9. The van der Waals surface area contributed by atoms with Gasteiger partial charge in [-0.2, -0.15) is 23.4 Å². The van der Waals surface area contributed by atoms with E-state index in [1.54, 1.807) is 0 Å². The number of amides is 2. The fraction of sp³-hybridized carbons (Fsp3) is 0.500. The number of aliphatic carboxylic acids is 1. The lowest BCUT2D eigenvalue weighted by atomic mass is 9.98. The lowest BCUT2D eigenvalue weighted by molar-refractivity contribution is -0.153. The van der Waals surface area contributed by atoms with Crippen LogP contribution in [0.2, 0.25) is 0 Å². The number of nitrogens with two attached hydrogens (primary N) is 3. The first kappa shape index (κ1) is 27.3. The summed E-state index contributed by atoms with van der Waals surface area (Å²) in [7, 11) is -5.00. The van der Waals surface area contributed by atoms with E-state index in [9.17, 15) is 32.5 Å².